The largest absolute Gasteiger partial charge is 0.496 e. The van der Waals surface area contributed by atoms with Gasteiger partial charge in [0.2, 0.25) is 0 Å². The molecule has 2 rings (SSSR count). The van der Waals surface area contributed by atoms with Crippen LogP contribution in [0.1, 0.15) is 47.4 Å². The van der Waals surface area contributed by atoms with Gasteiger partial charge in [-0.15, -0.1) is 0 Å². The number of unbranched alkanes of at least 4 members (excludes halogenated alkanes) is 1. The molecule has 0 spiro atoms. The molecule has 0 aliphatic rings. The number of carbonyl (C=O) groups is 2. The van der Waals surface area contributed by atoms with Gasteiger partial charge in [-0.3, -0.25) is 9.59 Å². The number of halogens is 1. The summed E-state index contributed by atoms with van der Waals surface area (Å²) in [5.74, 6) is 1.60. The molecule has 0 aliphatic heterocycles. The van der Waals surface area contributed by atoms with Crippen LogP contribution in [-0.4, -0.2) is 51.2 Å². The molecule has 1 aromatic heterocycles. The molecule has 170 valence electrons. The number of rotatable bonds is 12. The summed E-state index contributed by atoms with van der Waals surface area (Å²) in [6.45, 7) is 2.94. The molecule has 0 saturated carbocycles. The number of hydrogen-bond donors (Lipinski definition) is 0. The topological polar surface area (TPSA) is 78.2 Å². The van der Waals surface area contributed by atoms with E-state index < -0.39 is 0 Å². The van der Waals surface area contributed by atoms with E-state index in [9.17, 15) is 9.59 Å². The maximum Gasteiger partial charge on any atom is 0.305 e. The van der Waals surface area contributed by atoms with Crippen molar-refractivity contribution >= 4 is 23.5 Å². The summed E-state index contributed by atoms with van der Waals surface area (Å²) in [7, 11) is 4.50. The lowest BCUT2D eigenvalue weighted by molar-refractivity contribution is -0.140. The van der Waals surface area contributed by atoms with Crippen molar-refractivity contribution in [3.05, 3.63) is 46.4 Å². The van der Waals surface area contributed by atoms with E-state index >= 15 is 0 Å². The van der Waals surface area contributed by atoms with Crippen molar-refractivity contribution in [2.75, 3.05) is 34.4 Å². The van der Waals surface area contributed by atoms with Crippen LogP contribution in [0.15, 0.2) is 28.7 Å². The fraction of sp³-hybridized carbons (Fsp3) is 0.478. The molecular weight excluding hydrogens is 422 g/mol. The molecule has 1 amide bonds. The second-order valence-electron chi connectivity index (χ2n) is 7.14. The SMILES string of the molecule is COC(=O)CCCCN(CCCc1ccc(Cl)o1)C(=O)c1cc(OC)c(C)c(OC)c1. The van der Waals surface area contributed by atoms with Gasteiger partial charge in [0.25, 0.3) is 5.91 Å². The minimum atomic E-state index is -0.249. The van der Waals surface area contributed by atoms with Crippen LogP contribution >= 0.6 is 11.6 Å². The highest BCUT2D eigenvalue weighted by atomic mass is 35.5. The third kappa shape index (κ3) is 7.21. The Kier molecular flexibility index (Phi) is 9.72. The van der Waals surface area contributed by atoms with Crippen LogP contribution in [0.3, 0.4) is 0 Å². The smallest absolute Gasteiger partial charge is 0.305 e. The second-order valence-corrected chi connectivity index (χ2v) is 7.51. The normalized spacial score (nSPS) is 10.6. The van der Waals surface area contributed by atoms with Gasteiger partial charge in [0.05, 0.1) is 21.3 Å². The number of esters is 1. The number of benzene rings is 1. The number of aryl methyl sites for hydroxylation is 1. The maximum absolute atomic E-state index is 13.3. The average molecular weight is 452 g/mol. The predicted octanol–water partition coefficient (Wildman–Crippen LogP) is 4.68. The third-order valence-corrected chi connectivity index (χ3v) is 5.26. The summed E-state index contributed by atoms with van der Waals surface area (Å²) in [4.78, 5) is 26.4. The molecule has 0 aliphatic carbocycles. The monoisotopic (exact) mass is 451 g/mol. The van der Waals surface area contributed by atoms with Crippen molar-refractivity contribution in [1.29, 1.82) is 0 Å². The van der Waals surface area contributed by atoms with Crippen molar-refractivity contribution in [3.63, 3.8) is 0 Å². The standard InChI is InChI=1S/C23H30ClNO6/c1-16-19(28-2)14-17(15-20(16)29-3)23(27)25(12-6-5-9-22(26)30-4)13-7-8-18-10-11-21(24)31-18/h10-11,14-15H,5-9,12-13H2,1-4H3. The van der Waals surface area contributed by atoms with Gasteiger partial charge in [-0.25, -0.2) is 0 Å². The number of ether oxygens (including phenoxy) is 3. The van der Waals surface area contributed by atoms with E-state index in [1.54, 1.807) is 37.3 Å². The zero-order chi connectivity index (χ0) is 22.8. The average Bonchev–Trinajstić information content (AvgIpc) is 3.19. The van der Waals surface area contributed by atoms with E-state index in [-0.39, 0.29) is 11.9 Å². The summed E-state index contributed by atoms with van der Waals surface area (Å²) in [5, 5.41) is 0.351. The minimum Gasteiger partial charge on any atom is -0.496 e. The van der Waals surface area contributed by atoms with Crippen LogP contribution in [-0.2, 0) is 16.0 Å². The fourth-order valence-corrected chi connectivity index (χ4v) is 3.47. The first-order valence-corrected chi connectivity index (χ1v) is 10.6. The van der Waals surface area contributed by atoms with E-state index in [4.69, 9.17) is 25.5 Å². The lowest BCUT2D eigenvalue weighted by Crippen LogP contribution is -2.33. The molecule has 0 radical (unpaired) electrons. The molecule has 0 N–H and O–H groups in total. The Hall–Kier alpha value is -2.67. The molecule has 0 saturated heterocycles. The van der Waals surface area contributed by atoms with E-state index in [1.165, 1.54) is 7.11 Å². The van der Waals surface area contributed by atoms with E-state index in [1.807, 2.05) is 13.0 Å². The molecular formula is C23H30ClNO6. The van der Waals surface area contributed by atoms with Gasteiger partial charge in [-0.2, -0.15) is 0 Å². The van der Waals surface area contributed by atoms with Crippen LogP contribution in [0.2, 0.25) is 5.22 Å². The number of carbonyl (C=O) groups excluding carboxylic acids is 2. The molecule has 0 bridgehead atoms. The maximum atomic E-state index is 13.3. The number of amides is 1. The molecule has 1 heterocycles. The predicted molar refractivity (Wildman–Crippen MR) is 118 cm³/mol. The first kappa shape index (κ1) is 24.6. The number of furan rings is 1. The Bertz CT molecular complexity index is 854. The van der Waals surface area contributed by atoms with E-state index in [0.717, 1.165) is 11.3 Å². The minimum absolute atomic E-state index is 0.118. The molecule has 0 atom stereocenters. The quantitative estimate of drug-likeness (QED) is 0.344. The number of methoxy groups -OCH3 is 3. The highest BCUT2D eigenvalue weighted by molar-refractivity contribution is 6.28. The lowest BCUT2D eigenvalue weighted by Gasteiger charge is -2.23. The van der Waals surface area contributed by atoms with Crippen molar-refractivity contribution in [1.82, 2.24) is 4.90 Å². The van der Waals surface area contributed by atoms with Gasteiger partial charge in [0.1, 0.15) is 17.3 Å². The highest BCUT2D eigenvalue weighted by Gasteiger charge is 2.19. The Morgan fingerprint density at radius 2 is 1.65 bits per heavy atom. The van der Waals surface area contributed by atoms with Crippen LogP contribution in [0.5, 0.6) is 11.5 Å². The summed E-state index contributed by atoms with van der Waals surface area (Å²) < 4.78 is 20.9. The van der Waals surface area contributed by atoms with Gasteiger partial charge < -0.3 is 23.5 Å². The van der Waals surface area contributed by atoms with Crippen LogP contribution in [0, 0.1) is 6.92 Å². The Morgan fingerprint density at radius 3 is 2.19 bits per heavy atom. The molecule has 2 aromatic rings. The summed E-state index contributed by atoms with van der Waals surface area (Å²) in [6.07, 6.45) is 3.04. The van der Waals surface area contributed by atoms with Crippen LogP contribution < -0.4 is 9.47 Å². The van der Waals surface area contributed by atoms with Crippen molar-refractivity contribution in [2.24, 2.45) is 0 Å². The van der Waals surface area contributed by atoms with Gasteiger partial charge >= 0.3 is 5.97 Å². The number of hydrogen-bond acceptors (Lipinski definition) is 6. The zero-order valence-electron chi connectivity index (χ0n) is 18.5. The Labute approximate surface area is 188 Å². The first-order chi connectivity index (χ1) is 14.9. The number of nitrogens with zero attached hydrogens (tertiary/aromatic N) is 1. The lowest BCUT2D eigenvalue weighted by atomic mass is 10.1. The molecule has 1 aromatic carbocycles. The first-order valence-electron chi connectivity index (χ1n) is 10.2. The van der Waals surface area contributed by atoms with Crippen molar-refractivity contribution < 1.29 is 28.2 Å². The Balaban J connectivity index is 2.11. The molecule has 31 heavy (non-hydrogen) atoms. The molecule has 7 nitrogen and oxygen atoms in total. The summed E-state index contributed by atoms with van der Waals surface area (Å²) in [6, 6.07) is 7.00. The zero-order valence-corrected chi connectivity index (χ0v) is 19.3. The summed E-state index contributed by atoms with van der Waals surface area (Å²) >= 11 is 5.83. The van der Waals surface area contributed by atoms with E-state index in [2.05, 4.69) is 4.74 Å². The molecule has 8 heteroatoms. The fourth-order valence-electron chi connectivity index (χ4n) is 3.31. The summed E-state index contributed by atoms with van der Waals surface area (Å²) in [5.41, 5.74) is 1.33. The highest BCUT2D eigenvalue weighted by Crippen LogP contribution is 2.30. The molecule has 0 fully saturated rings. The molecule has 0 unspecified atom stereocenters. The van der Waals surface area contributed by atoms with Gasteiger partial charge in [-0.1, -0.05) is 0 Å². The van der Waals surface area contributed by atoms with Gasteiger partial charge in [0.15, 0.2) is 5.22 Å². The van der Waals surface area contributed by atoms with Gasteiger partial charge in [-0.05, 0) is 62.1 Å². The van der Waals surface area contributed by atoms with Gasteiger partial charge in [0, 0.05) is 37.1 Å². The van der Waals surface area contributed by atoms with E-state index in [0.29, 0.717) is 67.5 Å². The van der Waals surface area contributed by atoms with Crippen LogP contribution in [0.4, 0.5) is 0 Å². The third-order valence-electron chi connectivity index (χ3n) is 5.05. The van der Waals surface area contributed by atoms with Crippen molar-refractivity contribution in [3.8, 4) is 11.5 Å². The second kappa shape index (κ2) is 12.2. The Morgan fingerprint density at radius 1 is 1.00 bits per heavy atom. The van der Waals surface area contributed by atoms with Crippen LogP contribution in [0.25, 0.3) is 0 Å². The van der Waals surface area contributed by atoms with Crippen molar-refractivity contribution in [2.45, 2.75) is 39.0 Å².